The Bertz CT molecular complexity index is 394. The van der Waals surface area contributed by atoms with Gasteiger partial charge in [0.05, 0.1) is 12.5 Å². The maximum atomic E-state index is 12.2. The number of aromatic nitrogens is 1. The van der Waals surface area contributed by atoms with Crippen LogP contribution < -0.4 is 0 Å². The fraction of sp³-hybridized carbons (Fsp3) is 0.600. The number of amides is 1. The predicted octanol–water partition coefficient (Wildman–Crippen LogP) is 2.04. The molecule has 4 nitrogen and oxygen atoms in total. The monoisotopic (exact) mass is 262 g/mol. The summed E-state index contributed by atoms with van der Waals surface area (Å²) in [5.41, 5.74) is 0.976. The van der Waals surface area contributed by atoms with Gasteiger partial charge in [0.25, 0.3) is 0 Å². The minimum Gasteiger partial charge on any atom is -0.376 e. The van der Waals surface area contributed by atoms with E-state index < -0.39 is 0 Å². The predicted molar refractivity (Wildman–Crippen MR) is 73.8 cm³/mol. The number of likely N-dealkylation sites (tertiary alicyclic amines) is 1. The van der Waals surface area contributed by atoms with Gasteiger partial charge in [-0.1, -0.05) is 13.0 Å². The number of pyridine rings is 1. The minimum absolute atomic E-state index is 0.179. The lowest BCUT2D eigenvalue weighted by molar-refractivity contribution is -0.134. The molecule has 1 aromatic heterocycles. The highest BCUT2D eigenvalue weighted by atomic mass is 16.5. The number of ether oxygens (including phenoxy) is 1. The highest BCUT2D eigenvalue weighted by Crippen LogP contribution is 2.15. The van der Waals surface area contributed by atoms with Gasteiger partial charge in [-0.25, -0.2) is 0 Å². The SMILES string of the molecule is CCCO[C@@H]1CCCN(C(=O)Cc2cccnc2)C1. The number of piperidine rings is 1. The van der Waals surface area contributed by atoms with Crippen molar-refractivity contribution in [2.75, 3.05) is 19.7 Å². The zero-order chi connectivity index (χ0) is 13.5. The summed E-state index contributed by atoms with van der Waals surface area (Å²) in [6, 6.07) is 3.81. The Morgan fingerprint density at radius 1 is 1.58 bits per heavy atom. The second-order valence-corrected chi connectivity index (χ2v) is 5.01. The molecular formula is C15H22N2O2. The van der Waals surface area contributed by atoms with E-state index in [-0.39, 0.29) is 12.0 Å². The Balaban J connectivity index is 1.85. The van der Waals surface area contributed by atoms with Crippen molar-refractivity contribution in [2.24, 2.45) is 0 Å². The Morgan fingerprint density at radius 2 is 2.47 bits per heavy atom. The summed E-state index contributed by atoms with van der Waals surface area (Å²) in [4.78, 5) is 18.2. The van der Waals surface area contributed by atoms with E-state index in [1.807, 2.05) is 17.0 Å². The molecule has 0 radical (unpaired) electrons. The van der Waals surface area contributed by atoms with Crippen LogP contribution in [-0.2, 0) is 16.0 Å². The summed E-state index contributed by atoms with van der Waals surface area (Å²) in [7, 11) is 0. The molecule has 1 atom stereocenters. The lowest BCUT2D eigenvalue weighted by Crippen LogP contribution is -2.44. The number of hydrogen-bond acceptors (Lipinski definition) is 3. The minimum atomic E-state index is 0.179. The van der Waals surface area contributed by atoms with E-state index in [9.17, 15) is 4.79 Å². The van der Waals surface area contributed by atoms with Gasteiger partial charge in [-0.15, -0.1) is 0 Å². The second-order valence-electron chi connectivity index (χ2n) is 5.01. The normalized spacial score (nSPS) is 19.4. The van der Waals surface area contributed by atoms with Crippen LogP contribution in [0.25, 0.3) is 0 Å². The molecule has 4 heteroatoms. The molecule has 0 aliphatic carbocycles. The van der Waals surface area contributed by atoms with Gasteiger partial charge in [0.2, 0.25) is 5.91 Å². The highest BCUT2D eigenvalue weighted by Gasteiger charge is 2.23. The molecule has 2 heterocycles. The molecule has 0 N–H and O–H groups in total. The lowest BCUT2D eigenvalue weighted by atomic mass is 10.1. The molecule has 1 fully saturated rings. The van der Waals surface area contributed by atoms with Crippen molar-refractivity contribution < 1.29 is 9.53 Å². The van der Waals surface area contributed by atoms with Crippen LogP contribution in [0, 0.1) is 0 Å². The summed E-state index contributed by atoms with van der Waals surface area (Å²) in [5, 5.41) is 0. The van der Waals surface area contributed by atoms with Crippen molar-refractivity contribution >= 4 is 5.91 Å². The van der Waals surface area contributed by atoms with Gasteiger partial charge in [0.1, 0.15) is 0 Å². The van der Waals surface area contributed by atoms with E-state index in [0.717, 1.165) is 44.5 Å². The topological polar surface area (TPSA) is 42.4 Å². The average Bonchev–Trinajstić information content (AvgIpc) is 2.46. The first-order valence-corrected chi connectivity index (χ1v) is 7.08. The van der Waals surface area contributed by atoms with Crippen LogP contribution in [0.15, 0.2) is 24.5 Å². The lowest BCUT2D eigenvalue weighted by Gasteiger charge is -2.32. The molecule has 0 aromatic carbocycles. The summed E-state index contributed by atoms with van der Waals surface area (Å²) in [6.45, 7) is 4.48. The molecule has 2 rings (SSSR count). The molecule has 0 unspecified atom stereocenters. The van der Waals surface area contributed by atoms with Crippen molar-refractivity contribution in [1.29, 1.82) is 0 Å². The number of hydrogen-bond donors (Lipinski definition) is 0. The summed E-state index contributed by atoms with van der Waals surface area (Å²) in [5.74, 6) is 0.179. The highest BCUT2D eigenvalue weighted by molar-refractivity contribution is 5.78. The molecule has 1 aliphatic rings. The molecule has 19 heavy (non-hydrogen) atoms. The van der Waals surface area contributed by atoms with Gasteiger partial charge >= 0.3 is 0 Å². The quantitative estimate of drug-likeness (QED) is 0.815. The molecule has 0 saturated carbocycles. The third-order valence-electron chi connectivity index (χ3n) is 3.37. The van der Waals surface area contributed by atoms with Crippen molar-refractivity contribution in [1.82, 2.24) is 9.88 Å². The van der Waals surface area contributed by atoms with Crippen LogP contribution in [0.2, 0.25) is 0 Å². The van der Waals surface area contributed by atoms with Crippen LogP contribution in [0.3, 0.4) is 0 Å². The van der Waals surface area contributed by atoms with Crippen LogP contribution >= 0.6 is 0 Å². The average molecular weight is 262 g/mol. The number of carbonyl (C=O) groups excluding carboxylic acids is 1. The standard InChI is InChI=1S/C15H22N2O2/c1-2-9-19-14-6-4-8-17(12-14)15(18)10-13-5-3-7-16-11-13/h3,5,7,11,14H,2,4,6,8-10,12H2,1H3/t14-/m1/s1. The molecule has 1 saturated heterocycles. The Kier molecular flexibility index (Phi) is 5.33. The maximum absolute atomic E-state index is 12.2. The number of rotatable bonds is 5. The fourth-order valence-electron chi connectivity index (χ4n) is 2.37. The Labute approximate surface area is 114 Å². The second kappa shape index (κ2) is 7.24. The first-order valence-electron chi connectivity index (χ1n) is 7.08. The maximum Gasteiger partial charge on any atom is 0.227 e. The van der Waals surface area contributed by atoms with Crippen LogP contribution in [-0.4, -0.2) is 41.6 Å². The molecule has 1 amide bonds. The van der Waals surface area contributed by atoms with Crippen molar-refractivity contribution in [3.63, 3.8) is 0 Å². The van der Waals surface area contributed by atoms with E-state index in [4.69, 9.17) is 4.74 Å². The molecule has 1 aromatic rings. The molecule has 0 bridgehead atoms. The summed E-state index contributed by atoms with van der Waals surface area (Å²) in [6.07, 6.45) is 7.26. The third-order valence-corrected chi connectivity index (χ3v) is 3.37. The van der Waals surface area contributed by atoms with E-state index >= 15 is 0 Å². The van der Waals surface area contributed by atoms with E-state index in [2.05, 4.69) is 11.9 Å². The van der Waals surface area contributed by atoms with Crippen molar-refractivity contribution in [3.05, 3.63) is 30.1 Å². The van der Waals surface area contributed by atoms with E-state index in [1.165, 1.54) is 0 Å². The van der Waals surface area contributed by atoms with Crippen molar-refractivity contribution in [2.45, 2.75) is 38.7 Å². The fourth-order valence-corrected chi connectivity index (χ4v) is 2.37. The van der Waals surface area contributed by atoms with Gasteiger partial charge in [-0.05, 0) is 30.9 Å². The van der Waals surface area contributed by atoms with Gasteiger partial charge in [-0.2, -0.15) is 0 Å². The van der Waals surface area contributed by atoms with Gasteiger partial charge in [0.15, 0.2) is 0 Å². The first-order chi connectivity index (χ1) is 9.29. The largest absolute Gasteiger partial charge is 0.376 e. The molecule has 0 spiro atoms. The molecule has 104 valence electrons. The number of nitrogens with zero attached hydrogens (tertiary/aromatic N) is 2. The van der Waals surface area contributed by atoms with E-state index in [0.29, 0.717) is 6.42 Å². The third kappa shape index (κ3) is 4.31. The van der Waals surface area contributed by atoms with E-state index in [1.54, 1.807) is 12.4 Å². The van der Waals surface area contributed by atoms with Gasteiger partial charge in [0, 0.05) is 32.1 Å². The van der Waals surface area contributed by atoms with Gasteiger partial charge in [-0.3, -0.25) is 9.78 Å². The summed E-state index contributed by atoms with van der Waals surface area (Å²) < 4.78 is 5.76. The van der Waals surface area contributed by atoms with Crippen molar-refractivity contribution in [3.8, 4) is 0 Å². The molecular weight excluding hydrogens is 240 g/mol. The van der Waals surface area contributed by atoms with Crippen LogP contribution in [0.5, 0.6) is 0 Å². The zero-order valence-corrected chi connectivity index (χ0v) is 11.5. The van der Waals surface area contributed by atoms with Gasteiger partial charge < -0.3 is 9.64 Å². The van der Waals surface area contributed by atoms with Crippen LogP contribution in [0.1, 0.15) is 31.7 Å². The summed E-state index contributed by atoms with van der Waals surface area (Å²) >= 11 is 0. The first kappa shape index (κ1) is 14.0. The zero-order valence-electron chi connectivity index (χ0n) is 11.5. The Morgan fingerprint density at radius 3 is 3.21 bits per heavy atom. The van der Waals surface area contributed by atoms with Crippen LogP contribution in [0.4, 0.5) is 0 Å². The molecule has 1 aliphatic heterocycles. The smallest absolute Gasteiger partial charge is 0.227 e. The Hall–Kier alpha value is -1.42. The number of carbonyl (C=O) groups is 1.